The molecule has 0 unspecified atom stereocenters. The summed E-state index contributed by atoms with van der Waals surface area (Å²) in [7, 11) is 0. The van der Waals surface area contributed by atoms with Crippen molar-refractivity contribution in [3.8, 4) is 0 Å². The second kappa shape index (κ2) is 10.5. The highest BCUT2D eigenvalue weighted by Crippen LogP contribution is 2.04. The number of nitrogens with one attached hydrogen (secondary N) is 1. The van der Waals surface area contributed by atoms with E-state index in [1.807, 2.05) is 24.3 Å². The molecule has 0 atom stereocenters. The molecule has 3 aromatic carbocycles. The maximum atomic E-state index is 6.25. The lowest BCUT2D eigenvalue weighted by molar-refractivity contribution is 0.350. The minimum absolute atomic E-state index is 0. The average Bonchev–Trinajstić information content (AvgIpc) is 2.70. The number of para-hydroxylation sites is 1. The minimum atomic E-state index is -0.0373. The van der Waals surface area contributed by atoms with Gasteiger partial charge in [-0.3, -0.25) is 0 Å². The molecule has 1 N–H and O–H groups in total. The third-order valence-corrected chi connectivity index (χ3v) is 4.28. The van der Waals surface area contributed by atoms with Crippen LogP contribution >= 0.6 is 0 Å². The maximum Gasteiger partial charge on any atom is 0.361 e. The molecule has 0 heterocycles. The molecule has 0 aliphatic carbocycles. The Morgan fingerprint density at radius 1 is 0.769 bits per heavy atom. The monoisotopic (exact) mass is 345 g/mol. The van der Waals surface area contributed by atoms with E-state index in [2.05, 4.69) is 72.9 Å². The number of hydrogen-bond donors (Lipinski definition) is 1. The zero-order chi connectivity index (χ0) is 17.3. The van der Waals surface area contributed by atoms with E-state index in [4.69, 9.17) is 4.65 Å². The van der Waals surface area contributed by atoms with E-state index in [0.717, 1.165) is 18.7 Å². The fourth-order valence-corrected chi connectivity index (χ4v) is 2.87. The van der Waals surface area contributed by atoms with Crippen LogP contribution in [0.5, 0.6) is 0 Å². The molecule has 0 fully saturated rings. The van der Waals surface area contributed by atoms with Crippen LogP contribution in [0.25, 0.3) is 0 Å². The van der Waals surface area contributed by atoms with Gasteiger partial charge in [-0.15, -0.1) is 0 Å². The fourth-order valence-electron chi connectivity index (χ4n) is 2.87. The van der Waals surface area contributed by atoms with Crippen molar-refractivity contribution in [2.24, 2.45) is 0 Å². The van der Waals surface area contributed by atoms with E-state index in [0.29, 0.717) is 6.61 Å². The summed E-state index contributed by atoms with van der Waals surface area (Å²) in [5.74, 6) is 0. The van der Waals surface area contributed by atoms with Crippen LogP contribution in [0.1, 0.15) is 19.9 Å². The second-order valence-corrected chi connectivity index (χ2v) is 6.05. The number of rotatable bonds is 8. The van der Waals surface area contributed by atoms with Crippen molar-refractivity contribution in [3.63, 3.8) is 0 Å². The lowest BCUT2D eigenvalue weighted by Gasteiger charge is -2.16. The molecule has 0 aliphatic rings. The Bertz CT molecular complexity index is 744. The first-order valence-electron chi connectivity index (χ1n) is 8.91. The smallest absolute Gasteiger partial charge is 0.361 e. The third-order valence-electron chi connectivity index (χ3n) is 4.28. The molecule has 2 nitrogen and oxygen atoms in total. The normalized spacial score (nSPS) is 10.0. The van der Waals surface area contributed by atoms with Gasteiger partial charge >= 0.3 is 6.92 Å². The highest BCUT2D eigenvalue weighted by molar-refractivity contribution is 6.80. The molecular weight excluding hydrogens is 317 g/mol. The highest BCUT2D eigenvalue weighted by atomic mass is 16.4. The standard InChI is InChI=1S/C22H24BNO.CH4/c1-2-19-13-15-21(16-14-19)23(20-9-5-3-6-10-20)25-18-17-24-22-11-7-4-8-12-22;/h3-16,24H,2,17-18H2,1H3;1H4. The average molecular weight is 345 g/mol. The summed E-state index contributed by atoms with van der Waals surface area (Å²) in [5.41, 5.74) is 4.85. The van der Waals surface area contributed by atoms with Crippen molar-refractivity contribution in [1.82, 2.24) is 0 Å². The summed E-state index contributed by atoms with van der Waals surface area (Å²) in [6.07, 6.45) is 1.05. The van der Waals surface area contributed by atoms with Crippen molar-refractivity contribution in [2.75, 3.05) is 18.5 Å². The summed E-state index contributed by atoms with van der Waals surface area (Å²) < 4.78 is 6.25. The van der Waals surface area contributed by atoms with E-state index >= 15 is 0 Å². The van der Waals surface area contributed by atoms with Crippen molar-refractivity contribution in [2.45, 2.75) is 20.8 Å². The molecule has 0 spiro atoms. The predicted octanol–water partition coefficient (Wildman–Crippen LogP) is 4.12. The summed E-state index contributed by atoms with van der Waals surface area (Å²) in [4.78, 5) is 0. The largest absolute Gasteiger partial charge is 0.425 e. The van der Waals surface area contributed by atoms with Gasteiger partial charge in [0.15, 0.2) is 0 Å². The van der Waals surface area contributed by atoms with Crippen LogP contribution in [0.3, 0.4) is 0 Å². The van der Waals surface area contributed by atoms with Gasteiger partial charge in [-0.1, -0.05) is 87.1 Å². The van der Waals surface area contributed by atoms with E-state index < -0.39 is 0 Å². The Hall–Kier alpha value is -2.52. The fraction of sp³-hybridized carbons (Fsp3) is 0.217. The molecule has 3 heteroatoms. The molecule has 0 bridgehead atoms. The van der Waals surface area contributed by atoms with E-state index in [1.165, 1.54) is 16.5 Å². The molecular formula is C23H28BNO. The van der Waals surface area contributed by atoms with Crippen LogP contribution in [0.2, 0.25) is 0 Å². The lowest BCUT2D eigenvalue weighted by Crippen LogP contribution is -2.45. The van der Waals surface area contributed by atoms with Crippen molar-refractivity contribution in [1.29, 1.82) is 0 Å². The topological polar surface area (TPSA) is 21.3 Å². The van der Waals surface area contributed by atoms with Gasteiger partial charge in [-0.25, -0.2) is 0 Å². The molecule has 0 aromatic heterocycles. The van der Waals surface area contributed by atoms with E-state index in [-0.39, 0.29) is 14.3 Å². The number of hydrogen-bond acceptors (Lipinski definition) is 2. The third kappa shape index (κ3) is 5.50. The van der Waals surface area contributed by atoms with E-state index in [1.54, 1.807) is 0 Å². The van der Waals surface area contributed by atoms with Gasteiger partial charge in [-0.2, -0.15) is 0 Å². The zero-order valence-corrected chi connectivity index (χ0v) is 14.7. The predicted molar refractivity (Wildman–Crippen MR) is 115 cm³/mol. The molecule has 3 rings (SSSR count). The quantitative estimate of drug-likeness (QED) is 0.490. The Balaban J connectivity index is 0.00000243. The number of aryl methyl sites for hydroxylation is 1. The molecule has 0 amide bonds. The highest BCUT2D eigenvalue weighted by Gasteiger charge is 2.20. The summed E-state index contributed by atoms with van der Waals surface area (Å²) in [6.45, 7) is 3.56. The van der Waals surface area contributed by atoms with Crippen LogP contribution in [0.15, 0.2) is 84.9 Å². The molecule has 0 saturated heterocycles. The first kappa shape index (κ1) is 19.8. The Kier molecular flexibility index (Phi) is 7.98. The molecule has 0 saturated carbocycles. The first-order valence-corrected chi connectivity index (χ1v) is 8.91. The van der Waals surface area contributed by atoms with Gasteiger partial charge in [0.2, 0.25) is 0 Å². The van der Waals surface area contributed by atoms with Gasteiger partial charge in [-0.05, 0) is 35.0 Å². The summed E-state index contributed by atoms with van der Waals surface area (Å²) >= 11 is 0. The van der Waals surface area contributed by atoms with Gasteiger partial charge in [0, 0.05) is 18.8 Å². The second-order valence-electron chi connectivity index (χ2n) is 6.05. The van der Waals surface area contributed by atoms with Crippen LogP contribution in [0, 0.1) is 0 Å². The van der Waals surface area contributed by atoms with Crippen LogP contribution < -0.4 is 16.2 Å². The zero-order valence-electron chi connectivity index (χ0n) is 14.7. The maximum absolute atomic E-state index is 6.25. The van der Waals surface area contributed by atoms with Crippen LogP contribution in [0.4, 0.5) is 5.69 Å². The SMILES string of the molecule is C.CCc1ccc(B(OCCNc2ccccc2)c2ccccc2)cc1. The summed E-state index contributed by atoms with van der Waals surface area (Å²) in [5, 5.41) is 3.40. The lowest BCUT2D eigenvalue weighted by atomic mass is 9.55. The van der Waals surface area contributed by atoms with Crippen LogP contribution in [-0.4, -0.2) is 20.1 Å². The number of benzene rings is 3. The minimum Gasteiger partial charge on any atom is -0.425 e. The van der Waals surface area contributed by atoms with Crippen molar-refractivity contribution in [3.05, 3.63) is 90.5 Å². The van der Waals surface area contributed by atoms with Crippen LogP contribution in [-0.2, 0) is 11.1 Å². The molecule has 134 valence electrons. The van der Waals surface area contributed by atoms with Crippen molar-refractivity contribution < 1.29 is 4.65 Å². The Morgan fingerprint density at radius 2 is 1.35 bits per heavy atom. The van der Waals surface area contributed by atoms with Crippen molar-refractivity contribution >= 4 is 23.5 Å². The van der Waals surface area contributed by atoms with E-state index in [9.17, 15) is 0 Å². The Labute approximate surface area is 158 Å². The first-order chi connectivity index (χ1) is 12.4. The summed E-state index contributed by atoms with van der Waals surface area (Å²) in [6, 6.07) is 29.4. The Morgan fingerprint density at radius 3 is 1.96 bits per heavy atom. The molecule has 0 aliphatic heterocycles. The molecule has 0 radical (unpaired) electrons. The molecule has 26 heavy (non-hydrogen) atoms. The van der Waals surface area contributed by atoms with Gasteiger partial charge in [0.1, 0.15) is 0 Å². The number of anilines is 1. The van der Waals surface area contributed by atoms with Gasteiger partial charge in [0.05, 0.1) is 0 Å². The van der Waals surface area contributed by atoms with Gasteiger partial charge < -0.3 is 9.97 Å². The molecule has 3 aromatic rings. The van der Waals surface area contributed by atoms with Gasteiger partial charge in [0.25, 0.3) is 0 Å².